The van der Waals surface area contributed by atoms with Gasteiger partial charge in [0.15, 0.2) is 0 Å². The van der Waals surface area contributed by atoms with Crippen LogP contribution in [0.15, 0.2) is 101 Å². The summed E-state index contributed by atoms with van der Waals surface area (Å²) in [5.41, 5.74) is 1.32. The van der Waals surface area contributed by atoms with Gasteiger partial charge in [0.2, 0.25) is 17.7 Å². The van der Waals surface area contributed by atoms with E-state index >= 15 is 0 Å². The highest BCUT2D eigenvalue weighted by molar-refractivity contribution is 8.00. The lowest BCUT2D eigenvalue weighted by Gasteiger charge is -2.30. The summed E-state index contributed by atoms with van der Waals surface area (Å²) in [4.78, 5) is 66.3. The fourth-order valence-corrected chi connectivity index (χ4v) is 8.77. The number of thioether (sulfide) groups is 1. The van der Waals surface area contributed by atoms with Gasteiger partial charge in [0.05, 0.1) is 21.6 Å². The number of nitro benzene ring substituents is 1. The number of aromatic nitrogens is 1. The van der Waals surface area contributed by atoms with Crippen molar-refractivity contribution in [3.8, 4) is 0 Å². The molecule has 2 aliphatic heterocycles. The molecule has 10 nitrogen and oxygen atoms in total. The number of amides is 3. The lowest BCUT2D eigenvalue weighted by atomic mass is 9.83. The number of hydrogen-bond acceptors (Lipinski definition) is 8. The molecule has 1 N–H and O–H groups in total. The van der Waals surface area contributed by atoms with Crippen molar-refractivity contribution in [3.05, 3.63) is 126 Å². The van der Waals surface area contributed by atoms with E-state index in [4.69, 9.17) is 11.6 Å². The van der Waals surface area contributed by atoms with E-state index < -0.39 is 39.7 Å². The van der Waals surface area contributed by atoms with Gasteiger partial charge >= 0.3 is 4.87 Å². The van der Waals surface area contributed by atoms with Crippen molar-refractivity contribution in [2.75, 3.05) is 10.2 Å². The van der Waals surface area contributed by atoms with Crippen LogP contribution in [0, 0.1) is 16.0 Å². The Morgan fingerprint density at radius 3 is 2.33 bits per heavy atom. The Morgan fingerprint density at radius 1 is 0.911 bits per heavy atom. The minimum Gasteiger partial charge on any atom is -0.325 e. The summed E-state index contributed by atoms with van der Waals surface area (Å²) < 4.78 is 1.35. The third-order valence-corrected chi connectivity index (χ3v) is 10.8. The predicted octanol–water partition coefficient (Wildman–Crippen LogP) is 6.06. The Morgan fingerprint density at radius 2 is 1.62 bits per heavy atom. The molecule has 5 aromatic rings. The zero-order chi connectivity index (χ0) is 31.4. The Labute approximate surface area is 268 Å². The first kappa shape index (κ1) is 29.0. The van der Waals surface area contributed by atoms with Crippen molar-refractivity contribution in [1.82, 2.24) is 4.57 Å². The molecule has 3 atom stereocenters. The van der Waals surface area contributed by atoms with Gasteiger partial charge < -0.3 is 5.32 Å². The zero-order valence-corrected chi connectivity index (χ0v) is 25.5. The van der Waals surface area contributed by atoms with E-state index in [1.165, 1.54) is 28.8 Å². The molecular weight excluding hydrogens is 636 g/mol. The SMILES string of the molecule is O=C(Cn1c2c(sc1=O)C(c1ccc(Cl)cc1)C1C(=O)N(c3ccc([N+](=O)[O-])cc3)C(=O)C1S2)Nc1ccc2ccccc2c1. The molecule has 0 radical (unpaired) electrons. The molecule has 13 heteroatoms. The second-order valence-corrected chi connectivity index (χ2v) is 13.2. The molecule has 0 saturated carbocycles. The minimum atomic E-state index is -0.898. The highest BCUT2D eigenvalue weighted by Gasteiger charge is 2.56. The van der Waals surface area contributed by atoms with E-state index in [2.05, 4.69) is 5.32 Å². The highest BCUT2D eigenvalue weighted by Crippen LogP contribution is 2.54. The van der Waals surface area contributed by atoms with E-state index in [1.807, 2.05) is 36.4 Å². The quantitative estimate of drug-likeness (QED) is 0.134. The molecule has 0 bridgehead atoms. The minimum absolute atomic E-state index is 0.170. The van der Waals surface area contributed by atoms with Crippen molar-refractivity contribution < 1.29 is 19.3 Å². The number of carbonyl (C=O) groups is 3. The fourth-order valence-electron chi connectivity index (χ4n) is 5.87. The first-order valence-electron chi connectivity index (χ1n) is 13.8. The van der Waals surface area contributed by atoms with Gasteiger partial charge in [-0.3, -0.25) is 33.9 Å². The molecule has 4 aromatic carbocycles. The summed E-state index contributed by atoms with van der Waals surface area (Å²) in [5, 5.41) is 16.0. The van der Waals surface area contributed by atoms with Crippen molar-refractivity contribution >= 4 is 80.3 Å². The Kier molecular flexibility index (Phi) is 7.27. The molecule has 0 aliphatic carbocycles. The van der Waals surface area contributed by atoms with Crippen LogP contribution in [0.2, 0.25) is 5.02 Å². The zero-order valence-electron chi connectivity index (χ0n) is 23.1. The average molecular weight is 657 g/mol. The fraction of sp³-hybridized carbons (Fsp3) is 0.125. The number of thiazole rings is 1. The van der Waals surface area contributed by atoms with Crippen LogP contribution in [0.5, 0.6) is 0 Å². The summed E-state index contributed by atoms with van der Waals surface area (Å²) in [6.07, 6.45) is 0. The van der Waals surface area contributed by atoms with Crippen molar-refractivity contribution in [2.24, 2.45) is 5.92 Å². The van der Waals surface area contributed by atoms with E-state index in [0.29, 0.717) is 26.2 Å². The van der Waals surface area contributed by atoms with Crippen LogP contribution in [-0.2, 0) is 20.9 Å². The van der Waals surface area contributed by atoms with Crippen molar-refractivity contribution in [3.63, 3.8) is 0 Å². The number of nitro groups is 1. The van der Waals surface area contributed by atoms with E-state index in [1.54, 1.807) is 30.3 Å². The number of hydrogen-bond donors (Lipinski definition) is 1. The molecule has 3 unspecified atom stereocenters. The third kappa shape index (κ3) is 5.10. The number of carbonyl (C=O) groups excluding carboxylic acids is 3. The van der Waals surface area contributed by atoms with Gasteiger partial charge in [-0.2, -0.15) is 0 Å². The number of fused-ring (bicyclic) bond motifs is 3. The maximum absolute atomic E-state index is 14.0. The van der Waals surface area contributed by atoms with Gasteiger partial charge in [-0.05, 0) is 52.7 Å². The van der Waals surface area contributed by atoms with E-state index in [-0.39, 0.29) is 22.8 Å². The number of imide groups is 1. The summed E-state index contributed by atoms with van der Waals surface area (Å²) in [7, 11) is 0. The molecule has 1 aromatic heterocycles. The molecule has 0 spiro atoms. The van der Waals surface area contributed by atoms with Crippen LogP contribution >= 0.6 is 34.7 Å². The molecule has 2 aliphatic rings. The number of nitrogens with one attached hydrogen (secondary N) is 1. The van der Waals surface area contributed by atoms with Crippen LogP contribution < -0.4 is 15.1 Å². The Hall–Kier alpha value is -4.78. The molecule has 224 valence electrons. The molecule has 1 saturated heterocycles. The normalized spacial score (nSPS) is 19.0. The highest BCUT2D eigenvalue weighted by atomic mass is 35.5. The first-order valence-corrected chi connectivity index (χ1v) is 15.8. The molecule has 7 rings (SSSR count). The standard InChI is InChI=1S/C32H21ClN4O6S2/c33-20-8-5-18(6-9-20)25-26-27(30(40)36(29(26)39)22-11-13-23(14-12-22)37(42)43)44-31-28(25)45-32(41)35(31)16-24(38)34-21-10-7-17-3-1-2-4-19(17)15-21/h1-15,25-27H,16H2,(H,34,38). The van der Waals surface area contributed by atoms with Crippen molar-refractivity contribution in [1.29, 1.82) is 0 Å². The maximum Gasteiger partial charge on any atom is 0.308 e. The lowest BCUT2D eigenvalue weighted by Crippen LogP contribution is -2.33. The molecule has 45 heavy (non-hydrogen) atoms. The Balaban J connectivity index is 1.25. The lowest BCUT2D eigenvalue weighted by molar-refractivity contribution is -0.384. The van der Waals surface area contributed by atoms with Crippen LogP contribution in [-0.4, -0.2) is 32.5 Å². The van der Waals surface area contributed by atoms with E-state index in [9.17, 15) is 29.3 Å². The second kappa shape index (κ2) is 11.3. The van der Waals surface area contributed by atoms with Crippen LogP contribution in [0.3, 0.4) is 0 Å². The van der Waals surface area contributed by atoms with Crippen LogP contribution in [0.1, 0.15) is 16.4 Å². The monoisotopic (exact) mass is 656 g/mol. The number of nitrogens with zero attached hydrogens (tertiary/aromatic N) is 3. The van der Waals surface area contributed by atoms with Gasteiger partial charge in [0.25, 0.3) is 5.69 Å². The molecule has 3 heterocycles. The number of halogens is 1. The molecule has 3 amide bonds. The number of non-ortho nitro benzene ring substituents is 1. The number of benzene rings is 4. The summed E-state index contributed by atoms with van der Waals surface area (Å²) in [5.74, 6) is -2.91. The number of rotatable bonds is 6. The number of anilines is 2. The van der Waals surface area contributed by atoms with Crippen LogP contribution in [0.4, 0.5) is 17.1 Å². The van der Waals surface area contributed by atoms with Gasteiger partial charge in [0.1, 0.15) is 11.8 Å². The maximum atomic E-state index is 14.0. The van der Waals surface area contributed by atoms with Gasteiger partial charge in [-0.25, -0.2) is 4.90 Å². The Bertz CT molecular complexity index is 2090. The smallest absolute Gasteiger partial charge is 0.308 e. The summed E-state index contributed by atoms with van der Waals surface area (Å²) in [6, 6.07) is 25.4. The molecule has 1 fully saturated rings. The molecular formula is C32H21ClN4O6S2. The predicted molar refractivity (Wildman–Crippen MR) is 173 cm³/mol. The van der Waals surface area contributed by atoms with Gasteiger partial charge in [-0.1, -0.05) is 77.2 Å². The third-order valence-electron chi connectivity index (χ3n) is 7.93. The summed E-state index contributed by atoms with van der Waals surface area (Å²) in [6.45, 7) is -0.288. The second-order valence-electron chi connectivity index (χ2n) is 10.6. The van der Waals surface area contributed by atoms with Crippen LogP contribution in [0.25, 0.3) is 10.8 Å². The largest absolute Gasteiger partial charge is 0.325 e. The first-order chi connectivity index (χ1) is 21.7. The van der Waals surface area contributed by atoms with E-state index in [0.717, 1.165) is 38.8 Å². The topological polar surface area (TPSA) is 132 Å². The van der Waals surface area contributed by atoms with Gasteiger partial charge in [0, 0.05) is 33.6 Å². The van der Waals surface area contributed by atoms with Gasteiger partial charge in [-0.15, -0.1) is 0 Å². The van der Waals surface area contributed by atoms with Crippen molar-refractivity contribution in [2.45, 2.75) is 22.7 Å². The average Bonchev–Trinajstić information content (AvgIpc) is 3.47. The summed E-state index contributed by atoms with van der Waals surface area (Å²) >= 11 is 8.20.